The van der Waals surface area contributed by atoms with Crippen molar-refractivity contribution in [2.24, 2.45) is 0 Å². The maximum atomic E-state index is 13.0. The summed E-state index contributed by atoms with van der Waals surface area (Å²) in [5, 5.41) is 7.52. The third-order valence-corrected chi connectivity index (χ3v) is 4.29. The van der Waals surface area contributed by atoms with Crippen molar-refractivity contribution in [3.8, 4) is 0 Å². The molecule has 0 aliphatic rings. The van der Waals surface area contributed by atoms with Gasteiger partial charge in [0.05, 0.1) is 5.52 Å². The number of ether oxygens (including phenoxy) is 1. The van der Waals surface area contributed by atoms with Crippen LogP contribution in [-0.2, 0) is 4.74 Å². The fraction of sp³-hybridized carbons (Fsp3) is 0.0455. The zero-order valence-electron chi connectivity index (χ0n) is 14.3. The lowest BCUT2D eigenvalue weighted by atomic mass is 10.00. The molecule has 1 atom stereocenters. The molecule has 132 valence electrons. The Morgan fingerprint density at radius 2 is 1.44 bits per heavy atom. The molecule has 27 heavy (non-hydrogen) atoms. The quantitative estimate of drug-likeness (QED) is 0.426. The Morgan fingerprint density at radius 3 is 2.19 bits per heavy atom. The molecule has 0 aliphatic heterocycles. The van der Waals surface area contributed by atoms with Crippen LogP contribution in [0.5, 0.6) is 0 Å². The van der Waals surface area contributed by atoms with Crippen LogP contribution < -0.4 is 0 Å². The predicted octanol–water partition coefficient (Wildman–Crippen LogP) is 4.34. The van der Waals surface area contributed by atoms with Crippen LogP contribution in [0.4, 0.5) is 0 Å². The fourth-order valence-corrected chi connectivity index (χ4v) is 2.94. The van der Waals surface area contributed by atoms with Crippen molar-refractivity contribution < 1.29 is 14.3 Å². The van der Waals surface area contributed by atoms with Crippen molar-refractivity contribution >= 4 is 22.7 Å². The summed E-state index contributed by atoms with van der Waals surface area (Å²) in [6.07, 6.45) is -1.04. The zero-order valence-corrected chi connectivity index (χ0v) is 14.3. The molecule has 3 aromatic carbocycles. The maximum absolute atomic E-state index is 13.0. The van der Waals surface area contributed by atoms with Gasteiger partial charge in [-0.1, -0.05) is 78.9 Å². The monoisotopic (exact) mass is 356 g/mol. The average molecular weight is 356 g/mol. The van der Waals surface area contributed by atoms with Gasteiger partial charge in [-0.3, -0.25) is 9.89 Å². The van der Waals surface area contributed by atoms with Gasteiger partial charge in [0, 0.05) is 16.5 Å². The summed E-state index contributed by atoms with van der Waals surface area (Å²) in [6, 6.07) is 25.0. The number of hydrogen-bond acceptors (Lipinski definition) is 4. The summed E-state index contributed by atoms with van der Waals surface area (Å²) in [5.74, 6) is -0.930. The number of benzene rings is 3. The second-order valence-electron chi connectivity index (χ2n) is 6.04. The number of H-pyrrole nitrogens is 1. The number of hydrogen-bond donors (Lipinski definition) is 1. The highest BCUT2D eigenvalue weighted by Gasteiger charge is 2.28. The number of rotatable bonds is 5. The van der Waals surface area contributed by atoms with E-state index in [0.717, 1.165) is 5.52 Å². The minimum absolute atomic E-state index is 0.160. The first-order chi connectivity index (χ1) is 13.2. The van der Waals surface area contributed by atoms with Crippen LogP contribution >= 0.6 is 0 Å². The Hall–Kier alpha value is -3.73. The number of para-hydroxylation sites is 1. The zero-order chi connectivity index (χ0) is 18.6. The van der Waals surface area contributed by atoms with E-state index in [1.807, 2.05) is 30.3 Å². The largest absolute Gasteiger partial charge is 0.444 e. The summed E-state index contributed by atoms with van der Waals surface area (Å²) in [5.41, 5.74) is 1.98. The lowest BCUT2D eigenvalue weighted by Crippen LogP contribution is -2.20. The van der Waals surface area contributed by atoms with Crippen LogP contribution in [0.25, 0.3) is 10.9 Å². The van der Waals surface area contributed by atoms with Crippen molar-refractivity contribution in [1.82, 2.24) is 10.2 Å². The summed E-state index contributed by atoms with van der Waals surface area (Å²) < 4.78 is 5.63. The molecule has 0 amide bonds. The summed E-state index contributed by atoms with van der Waals surface area (Å²) >= 11 is 0. The third-order valence-electron chi connectivity index (χ3n) is 4.29. The number of ketones is 1. The lowest BCUT2D eigenvalue weighted by molar-refractivity contribution is 0.0276. The van der Waals surface area contributed by atoms with E-state index in [1.54, 1.807) is 54.6 Å². The van der Waals surface area contributed by atoms with Crippen molar-refractivity contribution in [3.05, 3.63) is 102 Å². The summed E-state index contributed by atoms with van der Waals surface area (Å²) in [7, 11) is 0. The molecule has 1 N–H and O–H groups in total. The number of aromatic nitrogens is 2. The predicted molar refractivity (Wildman–Crippen MR) is 101 cm³/mol. The molecule has 4 rings (SSSR count). The van der Waals surface area contributed by atoms with E-state index in [9.17, 15) is 9.59 Å². The van der Waals surface area contributed by atoms with Gasteiger partial charge >= 0.3 is 5.97 Å². The number of fused-ring (bicyclic) bond motifs is 1. The summed E-state index contributed by atoms with van der Waals surface area (Å²) in [4.78, 5) is 25.8. The van der Waals surface area contributed by atoms with Crippen molar-refractivity contribution in [2.45, 2.75) is 6.10 Å². The van der Waals surface area contributed by atoms with E-state index in [2.05, 4.69) is 10.2 Å². The van der Waals surface area contributed by atoms with Gasteiger partial charge in [0.25, 0.3) is 0 Å². The SMILES string of the molecule is O=C(O[C@@H](C(=O)c1ccccc1)c1ccccc1)c1n[nH]c2ccccc12. The van der Waals surface area contributed by atoms with Gasteiger partial charge in [-0.25, -0.2) is 4.79 Å². The van der Waals surface area contributed by atoms with Crippen LogP contribution in [0.1, 0.15) is 32.5 Å². The molecule has 0 radical (unpaired) electrons. The van der Waals surface area contributed by atoms with Crippen LogP contribution in [0.2, 0.25) is 0 Å². The number of Topliss-reactive ketones (excluding diaryl/α,β-unsaturated/α-hetero) is 1. The first-order valence-corrected chi connectivity index (χ1v) is 8.52. The smallest absolute Gasteiger partial charge is 0.360 e. The van der Waals surface area contributed by atoms with Gasteiger partial charge in [-0.2, -0.15) is 5.10 Å². The van der Waals surface area contributed by atoms with E-state index < -0.39 is 12.1 Å². The highest BCUT2D eigenvalue weighted by molar-refractivity contribution is 6.05. The maximum Gasteiger partial charge on any atom is 0.360 e. The van der Waals surface area contributed by atoms with E-state index in [1.165, 1.54) is 0 Å². The van der Waals surface area contributed by atoms with E-state index in [4.69, 9.17) is 4.74 Å². The van der Waals surface area contributed by atoms with Gasteiger partial charge in [-0.05, 0) is 6.07 Å². The van der Waals surface area contributed by atoms with Gasteiger partial charge in [0.2, 0.25) is 5.78 Å². The number of esters is 1. The fourth-order valence-electron chi connectivity index (χ4n) is 2.94. The van der Waals surface area contributed by atoms with Crippen LogP contribution in [0, 0.1) is 0 Å². The minimum Gasteiger partial charge on any atom is -0.444 e. The Morgan fingerprint density at radius 1 is 0.815 bits per heavy atom. The van der Waals surface area contributed by atoms with Crippen molar-refractivity contribution in [3.63, 3.8) is 0 Å². The lowest BCUT2D eigenvalue weighted by Gasteiger charge is -2.17. The van der Waals surface area contributed by atoms with Crippen molar-refractivity contribution in [1.29, 1.82) is 0 Å². The molecule has 0 unspecified atom stereocenters. The molecule has 0 aliphatic carbocycles. The normalized spacial score (nSPS) is 11.9. The molecule has 0 spiro atoms. The molecule has 1 aromatic heterocycles. The van der Waals surface area contributed by atoms with Gasteiger partial charge < -0.3 is 4.74 Å². The molecule has 5 heteroatoms. The molecular weight excluding hydrogens is 340 g/mol. The first kappa shape index (κ1) is 16.7. The molecule has 0 fully saturated rings. The molecule has 4 aromatic rings. The van der Waals surface area contributed by atoms with E-state index >= 15 is 0 Å². The first-order valence-electron chi connectivity index (χ1n) is 8.52. The molecule has 0 saturated carbocycles. The number of carbonyl (C=O) groups excluding carboxylic acids is 2. The second kappa shape index (κ2) is 7.25. The Balaban J connectivity index is 1.69. The van der Waals surface area contributed by atoms with E-state index in [-0.39, 0.29) is 11.5 Å². The second-order valence-corrected chi connectivity index (χ2v) is 6.04. The Bertz CT molecular complexity index is 1090. The highest BCUT2D eigenvalue weighted by atomic mass is 16.5. The number of nitrogens with one attached hydrogen (secondary N) is 1. The number of carbonyl (C=O) groups is 2. The summed E-state index contributed by atoms with van der Waals surface area (Å²) in [6.45, 7) is 0. The number of aromatic amines is 1. The Kier molecular flexibility index (Phi) is 4.49. The molecular formula is C22H16N2O3. The highest BCUT2D eigenvalue weighted by Crippen LogP contribution is 2.25. The topological polar surface area (TPSA) is 72.1 Å². The number of nitrogens with zero attached hydrogens (tertiary/aromatic N) is 1. The van der Waals surface area contributed by atoms with Crippen LogP contribution in [0.15, 0.2) is 84.9 Å². The standard InChI is InChI=1S/C22H16N2O3/c25-20(15-9-3-1-4-10-15)21(16-11-5-2-6-12-16)27-22(26)19-17-13-7-8-14-18(17)23-24-19/h1-14,21H,(H,23,24)/t21-/m1/s1. The Labute approximate surface area is 155 Å². The van der Waals surface area contributed by atoms with Gasteiger partial charge in [0.15, 0.2) is 11.8 Å². The average Bonchev–Trinajstić information content (AvgIpc) is 3.17. The van der Waals surface area contributed by atoms with E-state index in [0.29, 0.717) is 16.5 Å². The molecule has 0 saturated heterocycles. The van der Waals surface area contributed by atoms with Gasteiger partial charge in [0.1, 0.15) is 0 Å². The third kappa shape index (κ3) is 3.35. The minimum atomic E-state index is -1.04. The van der Waals surface area contributed by atoms with Crippen molar-refractivity contribution in [2.75, 3.05) is 0 Å². The van der Waals surface area contributed by atoms with Crippen LogP contribution in [0.3, 0.4) is 0 Å². The molecule has 5 nitrogen and oxygen atoms in total. The van der Waals surface area contributed by atoms with Gasteiger partial charge in [-0.15, -0.1) is 0 Å². The molecule has 0 bridgehead atoms. The molecule has 1 heterocycles. The van der Waals surface area contributed by atoms with Crippen LogP contribution in [-0.4, -0.2) is 21.9 Å².